The molecule has 0 radical (unpaired) electrons. The highest BCUT2D eigenvalue weighted by atomic mass is 16.3. The van der Waals surface area contributed by atoms with Crippen LogP contribution in [0.2, 0.25) is 0 Å². The van der Waals surface area contributed by atoms with Crippen molar-refractivity contribution in [3.63, 3.8) is 0 Å². The SMILES string of the molecule is CC(C)(C)c1ccc(N(c2ccc3c(c2)oc2ccccc23)c2ccc3ccccc3c2-c2cccc3c2-c2ccccc2C3(C)C)cc1. The third-order valence-corrected chi connectivity index (χ3v) is 10.6. The fourth-order valence-electron chi connectivity index (χ4n) is 8.08. The summed E-state index contributed by atoms with van der Waals surface area (Å²) in [4.78, 5) is 2.42. The van der Waals surface area contributed by atoms with E-state index < -0.39 is 0 Å². The van der Waals surface area contributed by atoms with Gasteiger partial charge in [0.25, 0.3) is 0 Å². The van der Waals surface area contributed by atoms with E-state index in [1.54, 1.807) is 0 Å². The topological polar surface area (TPSA) is 16.4 Å². The van der Waals surface area contributed by atoms with Crippen LogP contribution in [0.3, 0.4) is 0 Å². The van der Waals surface area contributed by atoms with E-state index in [0.717, 1.165) is 39.0 Å². The standard InChI is InChI=1S/C47H39NO/c1-46(2,3)31-22-24-32(25-23-31)48(33-26-27-36-35-15-9-11-20-42(35)49-43(36)29-33)41-28-21-30-13-6-7-14-34(30)45(41)38-17-12-19-40-44(38)37-16-8-10-18-39(37)47(40,4)5/h6-29H,1-5H3. The predicted octanol–water partition coefficient (Wildman–Crippen LogP) is 13.5. The maximum absolute atomic E-state index is 6.46. The van der Waals surface area contributed by atoms with Gasteiger partial charge in [-0.25, -0.2) is 0 Å². The van der Waals surface area contributed by atoms with Crippen molar-refractivity contribution in [2.75, 3.05) is 4.90 Å². The van der Waals surface area contributed by atoms with Crippen LogP contribution in [0.1, 0.15) is 51.3 Å². The van der Waals surface area contributed by atoms with E-state index in [4.69, 9.17) is 4.42 Å². The van der Waals surface area contributed by atoms with Crippen LogP contribution in [0.15, 0.2) is 150 Å². The highest BCUT2D eigenvalue weighted by Crippen LogP contribution is 2.55. The van der Waals surface area contributed by atoms with Crippen molar-refractivity contribution in [1.29, 1.82) is 0 Å². The molecule has 0 spiro atoms. The van der Waals surface area contributed by atoms with E-state index in [9.17, 15) is 0 Å². The van der Waals surface area contributed by atoms with Crippen LogP contribution in [0, 0.1) is 0 Å². The first kappa shape index (κ1) is 29.5. The molecule has 0 amide bonds. The Bertz CT molecular complexity index is 2560. The summed E-state index contributed by atoms with van der Waals surface area (Å²) in [6.45, 7) is 11.5. The second-order valence-electron chi connectivity index (χ2n) is 15.0. The summed E-state index contributed by atoms with van der Waals surface area (Å²) in [7, 11) is 0. The van der Waals surface area contributed by atoms with Gasteiger partial charge in [0.2, 0.25) is 0 Å². The molecule has 1 aliphatic carbocycles. The molecule has 0 unspecified atom stereocenters. The number of benzene rings is 7. The molecule has 0 bridgehead atoms. The summed E-state index contributed by atoms with van der Waals surface area (Å²) in [6, 6.07) is 53.3. The van der Waals surface area contributed by atoms with Gasteiger partial charge in [-0.1, -0.05) is 138 Å². The van der Waals surface area contributed by atoms with Crippen molar-refractivity contribution in [1.82, 2.24) is 0 Å². The molecule has 0 fully saturated rings. The minimum absolute atomic E-state index is 0.0510. The lowest BCUT2D eigenvalue weighted by molar-refractivity contribution is 0.590. The van der Waals surface area contributed by atoms with Crippen molar-refractivity contribution in [3.8, 4) is 22.3 Å². The second-order valence-corrected chi connectivity index (χ2v) is 15.0. The molecular formula is C47H39NO. The first-order valence-corrected chi connectivity index (χ1v) is 17.3. The molecule has 1 aliphatic rings. The van der Waals surface area contributed by atoms with Crippen LogP contribution in [0.5, 0.6) is 0 Å². The van der Waals surface area contributed by atoms with Gasteiger partial charge >= 0.3 is 0 Å². The van der Waals surface area contributed by atoms with E-state index >= 15 is 0 Å². The summed E-state index contributed by atoms with van der Waals surface area (Å²) in [6.07, 6.45) is 0. The second kappa shape index (κ2) is 10.7. The molecule has 238 valence electrons. The first-order chi connectivity index (χ1) is 23.7. The van der Waals surface area contributed by atoms with Gasteiger partial charge in [0.05, 0.1) is 5.69 Å². The van der Waals surface area contributed by atoms with Gasteiger partial charge in [0, 0.05) is 39.2 Å². The molecule has 1 aromatic heterocycles. The summed E-state index contributed by atoms with van der Waals surface area (Å²) >= 11 is 0. The lowest BCUT2D eigenvalue weighted by Gasteiger charge is -2.30. The van der Waals surface area contributed by atoms with Crippen LogP contribution in [-0.2, 0) is 10.8 Å². The third kappa shape index (κ3) is 4.54. The van der Waals surface area contributed by atoms with Gasteiger partial charge in [-0.05, 0) is 86.0 Å². The number of rotatable bonds is 4. The normalized spacial score (nSPS) is 13.6. The quantitative estimate of drug-likeness (QED) is 0.192. The lowest BCUT2D eigenvalue weighted by atomic mass is 9.81. The summed E-state index contributed by atoms with van der Waals surface area (Å²) in [5.41, 5.74) is 14.2. The number of para-hydroxylation sites is 1. The lowest BCUT2D eigenvalue weighted by Crippen LogP contribution is -2.15. The van der Waals surface area contributed by atoms with Crippen molar-refractivity contribution >= 4 is 49.8 Å². The van der Waals surface area contributed by atoms with E-state index in [0.29, 0.717) is 0 Å². The number of hydrogen-bond acceptors (Lipinski definition) is 2. The maximum atomic E-state index is 6.46. The van der Waals surface area contributed by atoms with Gasteiger partial charge in [-0.15, -0.1) is 0 Å². The van der Waals surface area contributed by atoms with Gasteiger partial charge in [0.1, 0.15) is 11.2 Å². The number of furan rings is 1. The van der Waals surface area contributed by atoms with E-state index in [1.807, 2.05) is 6.07 Å². The highest BCUT2D eigenvalue weighted by Gasteiger charge is 2.37. The molecule has 9 rings (SSSR count). The van der Waals surface area contributed by atoms with Crippen molar-refractivity contribution in [2.24, 2.45) is 0 Å². The Hall–Kier alpha value is -5.60. The van der Waals surface area contributed by atoms with Crippen LogP contribution in [0.25, 0.3) is 55.0 Å². The molecule has 0 atom stereocenters. The molecule has 0 aliphatic heterocycles. The minimum atomic E-state index is -0.0957. The largest absolute Gasteiger partial charge is 0.456 e. The molecule has 0 N–H and O–H groups in total. The number of anilines is 3. The smallest absolute Gasteiger partial charge is 0.137 e. The summed E-state index contributed by atoms with van der Waals surface area (Å²) in [5.74, 6) is 0. The van der Waals surface area contributed by atoms with Crippen LogP contribution >= 0.6 is 0 Å². The molecule has 2 heteroatoms. The molecule has 8 aromatic rings. The molecule has 49 heavy (non-hydrogen) atoms. The van der Waals surface area contributed by atoms with Crippen LogP contribution in [-0.4, -0.2) is 0 Å². The van der Waals surface area contributed by atoms with E-state index in [2.05, 4.69) is 179 Å². The Morgan fingerprint density at radius 3 is 1.98 bits per heavy atom. The van der Waals surface area contributed by atoms with Crippen molar-refractivity contribution < 1.29 is 4.42 Å². The predicted molar refractivity (Wildman–Crippen MR) is 208 cm³/mol. The molecule has 2 nitrogen and oxygen atoms in total. The Morgan fingerprint density at radius 1 is 0.510 bits per heavy atom. The van der Waals surface area contributed by atoms with Crippen molar-refractivity contribution in [2.45, 2.75) is 45.4 Å². The zero-order valence-corrected chi connectivity index (χ0v) is 28.7. The zero-order valence-electron chi connectivity index (χ0n) is 28.7. The number of hydrogen-bond donors (Lipinski definition) is 0. The Balaban J connectivity index is 1.36. The summed E-state index contributed by atoms with van der Waals surface area (Å²) < 4.78 is 6.46. The Morgan fingerprint density at radius 2 is 1.16 bits per heavy atom. The first-order valence-electron chi connectivity index (χ1n) is 17.3. The average Bonchev–Trinajstić information content (AvgIpc) is 3.60. The van der Waals surface area contributed by atoms with E-state index in [1.165, 1.54) is 49.7 Å². The number of nitrogens with zero attached hydrogens (tertiary/aromatic N) is 1. The van der Waals surface area contributed by atoms with Crippen molar-refractivity contribution in [3.05, 3.63) is 162 Å². The minimum Gasteiger partial charge on any atom is -0.456 e. The van der Waals surface area contributed by atoms with Crippen LogP contribution < -0.4 is 4.90 Å². The molecule has 7 aromatic carbocycles. The fraction of sp³-hybridized carbons (Fsp3) is 0.149. The van der Waals surface area contributed by atoms with Gasteiger partial charge in [-0.2, -0.15) is 0 Å². The van der Waals surface area contributed by atoms with E-state index in [-0.39, 0.29) is 10.8 Å². The average molecular weight is 634 g/mol. The van der Waals surface area contributed by atoms with Gasteiger partial charge < -0.3 is 9.32 Å². The Kier molecular flexibility index (Phi) is 6.45. The summed E-state index contributed by atoms with van der Waals surface area (Å²) in [5, 5.41) is 4.72. The Labute approximate surface area is 288 Å². The zero-order chi connectivity index (χ0) is 33.5. The van der Waals surface area contributed by atoms with Gasteiger partial charge in [-0.3, -0.25) is 0 Å². The highest BCUT2D eigenvalue weighted by molar-refractivity contribution is 6.10. The fourth-order valence-corrected chi connectivity index (χ4v) is 8.08. The molecule has 0 saturated heterocycles. The monoisotopic (exact) mass is 633 g/mol. The molecular weight excluding hydrogens is 595 g/mol. The third-order valence-electron chi connectivity index (χ3n) is 10.6. The van der Waals surface area contributed by atoms with Crippen LogP contribution in [0.4, 0.5) is 17.1 Å². The number of fused-ring (bicyclic) bond motifs is 7. The molecule has 0 saturated carbocycles. The molecule has 1 heterocycles. The van der Waals surface area contributed by atoms with Gasteiger partial charge in [0.15, 0.2) is 0 Å². The maximum Gasteiger partial charge on any atom is 0.137 e.